The Balaban J connectivity index is 0.00000320. The highest BCUT2D eigenvalue weighted by atomic mass is 127. The second-order valence-corrected chi connectivity index (χ2v) is 9.64. The molecule has 0 bridgehead atoms. The Hall–Kier alpha value is -1.28. The van der Waals surface area contributed by atoms with Gasteiger partial charge >= 0.3 is 0 Å². The van der Waals surface area contributed by atoms with Crippen LogP contribution >= 0.6 is 35.3 Å². The molecule has 166 valence electrons. The first kappa shape index (κ1) is 25.0. The fraction of sp³-hybridized carbons (Fsp3) is 0.421. The monoisotopic (exact) mass is 568 g/mol. The molecule has 1 aliphatic rings. The number of nitrogens with one attached hydrogen (secondary N) is 2. The lowest BCUT2D eigenvalue weighted by atomic mass is 10.1. The Bertz CT molecular complexity index is 924. The molecule has 2 N–H and O–H groups in total. The van der Waals surface area contributed by atoms with Crippen molar-refractivity contribution in [2.75, 3.05) is 33.2 Å². The summed E-state index contributed by atoms with van der Waals surface area (Å²) >= 11 is 1.18. The molecule has 1 aromatic heterocycles. The summed E-state index contributed by atoms with van der Waals surface area (Å²) in [5.74, 6) is 0.388. The standard InChI is InChI=1S/C19H25FN4O3S2.HI/c1-14-12-24(13-17(27-14)15-5-7-16(20)8-6-15)19(21-2)22-9-10-23-29(25,26)18-4-3-11-28-18;/h3-8,11,14,17,23H,9-10,12-13H2,1-2H3,(H,21,22);1H. The van der Waals surface area contributed by atoms with Gasteiger partial charge in [-0.05, 0) is 36.1 Å². The summed E-state index contributed by atoms with van der Waals surface area (Å²) in [6, 6.07) is 9.59. The van der Waals surface area contributed by atoms with Crippen LogP contribution in [0.5, 0.6) is 0 Å². The molecule has 30 heavy (non-hydrogen) atoms. The minimum atomic E-state index is -3.48. The minimum Gasteiger partial charge on any atom is -0.367 e. The first-order chi connectivity index (χ1) is 13.9. The van der Waals surface area contributed by atoms with Crippen LogP contribution in [0, 0.1) is 5.82 Å². The summed E-state index contributed by atoms with van der Waals surface area (Å²) in [7, 11) is -1.79. The molecule has 1 saturated heterocycles. The largest absolute Gasteiger partial charge is 0.367 e. The van der Waals surface area contributed by atoms with E-state index in [-0.39, 0.29) is 48.5 Å². The topological polar surface area (TPSA) is 83.0 Å². The average molecular weight is 568 g/mol. The van der Waals surface area contributed by atoms with Crippen molar-refractivity contribution in [2.24, 2.45) is 4.99 Å². The summed E-state index contributed by atoms with van der Waals surface area (Å²) in [5, 5.41) is 4.92. The van der Waals surface area contributed by atoms with Crippen LogP contribution in [-0.2, 0) is 14.8 Å². The smallest absolute Gasteiger partial charge is 0.250 e. The first-order valence-electron chi connectivity index (χ1n) is 9.29. The molecule has 2 aromatic rings. The number of sulfonamides is 1. The van der Waals surface area contributed by atoms with Crippen molar-refractivity contribution in [3.8, 4) is 0 Å². The molecule has 0 spiro atoms. The molecular formula is C19H26FIN4O3S2. The Morgan fingerprint density at radius 2 is 2.00 bits per heavy atom. The van der Waals surface area contributed by atoms with Gasteiger partial charge in [0.05, 0.1) is 12.6 Å². The second kappa shape index (κ2) is 11.4. The third-order valence-electron chi connectivity index (χ3n) is 4.47. The van der Waals surface area contributed by atoms with Crippen molar-refractivity contribution in [3.63, 3.8) is 0 Å². The summed E-state index contributed by atoms with van der Waals surface area (Å²) in [4.78, 5) is 6.38. The van der Waals surface area contributed by atoms with Crippen molar-refractivity contribution >= 4 is 51.3 Å². The molecule has 7 nitrogen and oxygen atoms in total. The number of nitrogens with zero attached hydrogens (tertiary/aromatic N) is 2. The van der Waals surface area contributed by atoms with Crippen LogP contribution in [0.15, 0.2) is 51.0 Å². The summed E-state index contributed by atoms with van der Waals surface area (Å²) < 4.78 is 46.4. The Morgan fingerprint density at radius 3 is 2.63 bits per heavy atom. The van der Waals surface area contributed by atoms with Gasteiger partial charge in [0.25, 0.3) is 0 Å². The van der Waals surface area contributed by atoms with E-state index in [4.69, 9.17) is 4.74 Å². The zero-order chi connectivity index (χ0) is 20.9. The van der Waals surface area contributed by atoms with Gasteiger partial charge in [0.1, 0.15) is 16.1 Å². The van der Waals surface area contributed by atoms with Crippen LogP contribution in [0.2, 0.25) is 0 Å². The number of halogens is 2. The van der Waals surface area contributed by atoms with Crippen LogP contribution < -0.4 is 10.0 Å². The fourth-order valence-electron chi connectivity index (χ4n) is 3.17. The predicted octanol–water partition coefficient (Wildman–Crippen LogP) is 2.82. The number of hydrogen-bond acceptors (Lipinski definition) is 5. The number of rotatable bonds is 6. The van der Waals surface area contributed by atoms with E-state index in [1.165, 1.54) is 23.5 Å². The van der Waals surface area contributed by atoms with Crippen molar-refractivity contribution in [2.45, 2.75) is 23.3 Å². The van der Waals surface area contributed by atoms with Gasteiger partial charge in [-0.25, -0.2) is 17.5 Å². The van der Waals surface area contributed by atoms with Crippen LogP contribution in [0.4, 0.5) is 4.39 Å². The number of morpholine rings is 1. The molecule has 0 aliphatic carbocycles. The third-order valence-corrected chi connectivity index (χ3v) is 7.33. The van der Waals surface area contributed by atoms with Gasteiger partial charge < -0.3 is 15.0 Å². The van der Waals surface area contributed by atoms with Crippen LogP contribution in [0.1, 0.15) is 18.6 Å². The lowest BCUT2D eigenvalue weighted by Crippen LogP contribution is -2.51. The molecule has 1 aromatic carbocycles. The number of thiophene rings is 1. The lowest BCUT2D eigenvalue weighted by molar-refractivity contribution is -0.0604. The van der Waals surface area contributed by atoms with E-state index in [1.807, 2.05) is 6.92 Å². The molecule has 2 heterocycles. The van der Waals surface area contributed by atoms with E-state index in [0.717, 1.165) is 5.56 Å². The van der Waals surface area contributed by atoms with Crippen LogP contribution in [0.3, 0.4) is 0 Å². The van der Waals surface area contributed by atoms with Gasteiger partial charge in [-0.15, -0.1) is 35.3 Å². The lowest BCUT2D eigenvalue weighted by Gasteiger charge is -2.38. The van der Waals surface area contributed by atoms with E-state index in [1.54, 1.807) is 36.7 Å². The van der Waals surface area contributed by atoms with Crippen molar-refractivity contribution in [1.82, 2.24) is 14.9 Å². The predicted molar refractivity (Wildman–Crippen MR) is 128 cm³/mol. The number of benzene rings is 1. The number of aliphatic imine (C=N–C) groups is 1. The molecule has 2 atom stereocenters. The Morgan fingerprint density at radius 1 is 1.27 bits per heavy atom. The maximum absolute atomic E-state index is 13.2. The zero-order valence-electron chi connectivity index (χ0n) is 16.7. The molecule has 3 rings (SSSR count). The van der Waals surface area contributed by atoms with E-state index < -0.39 is 10.0 Å². The van der Waals surface area contributed by atoms with E-state index in [0.29, 0.717) is 29.8 Å². The van der Waals surface area contributed by atoms with E-state index >= 15 is 0 Å². The van der Waals surface area contributed by atoms with Crippen LogP contribution in [0.25, 0.3) is 0 Å². The normalized spacial score (nSPS) is 20.0. The number of hydrogen-bond donors (Lipinski definition) is 2. The minimum absolute atomic E-state index is 0. The quantitative estimate of drug-likeness (QED) is 0.243. The Labute approximate surface area is 197 Å². The van der Waals surface area contributed by atoms with Gasteiger partial charge in [-0.3, -0.25) is 4.99 Å². The number of guanidine groups is 1. The highest BCUT2D eigenvalue weighted by molar-refractivity contribution is 14.0. The summed E-state index contributed by atoms with van der Waals surface area (Å²) in [6.45, 7) is 3.82. The maximum Gasteiger partial charge on any atom is 0.250 e. The van der Waals surface area contributed by atoms with Crippen LogP contribution in [-0.4, -0.2) is 58.6 Å². The Kier molecular flexibility index (Phi) is 9.47. The van der Waals surface area contributed by atoms with Gasteiger partial charge in [0, 0.05) is 26.7 Å². The molecule has 0 radical (unpaired) electrons. The van der Waals surface area contributed by atoms with Crippen molar-refractivity contribution in [1.29, 1.82) is 0 Å². The fourth-order valence-corrected chi connectivity index (χ4v) is 5.23. The first-order valence-corrected chi connectivity index (χ1v) is 11.6. The average Bonchev–Trinajstić information content (AvgIpc) is 3.24. The van der Waals surface area contributed by atoms with Gasteiger partial charge in [-0.2, -0.15) is 0 Å². The van der Waals surface area contributed by atoms with Crippen molar-refractivity contribution in [3.05, 3.63) is 53.2 Å². The van der Waals surface area contributed by atoms with Gasteiger partial charge in [-0.1, -0.05) is 18.2 Å². The maximum atomic E-state index is 13.2. The van der Waals surface area contributed by atoms with E-state index in [2.05, 4.69) is 19.9 Å². The molecule has 11 heteroatoms. The molecule has 0 amide bonds. The highest BCUT2D eigenvalue weighted by Crippen LogP contribution is 2.25. The van der Waals surface area contributed by atoms with Gasteiger partial charge in [0.2, 0.25) is 10.0 Å². The molecule has 0 saturated carbocycles. The molecule has 2 unspecified atom stereocenters. The van der Waals surface area contributed by atoms with E-state index in [9.17, 15) is 12.8 Å². The number of ether oxygens (including phenoxy) is 1. The van der Waals surface area contributed by atoms with Crippen molar-refractivity contribution < 1.29 is 17.5 Å². The molecule has 1 fully saturated rings. The SMILES string of the molecule is CN=C(NCCNS(=O)(=O)c1cccs1)N1CC(C)OC(c2ccc(F)cc2)C1.I. The second-order valence-electron chi connectivity index (χ2n) is 6.70. The molecule has 1 aliphatic heterocycles. The summed E-state index contributed by atoms with van der Waals surface area (Å²) in [6.07, 6.45) is -0.232. The zero-order valence-corrected chi connectivity index (χ0v) is 20.7. The van der Waals surface area contributed by atoms with Gasteiger partial charge in [0.15, 0.2) is 5.96 Å². The highest BCUT2D eigenvalue weighted by Gasteiger charge is 2.28. The summed E-state index contributed by atoms with van der Waals surface area (Å²) in [5.41, 5.74) is 0.905. The molecular weight excluding hydrogens is 542 g/mol. The third kappa shape index (κ3) is 6.61.